The molecule has 4 rings (SSSR count). The lowest BCUT2D eigenvalue weighted by Crippen LogP contribution is -2.36. The van der Waals surface area contributed by atoms with Crippen molar-refractivity contribution in [3.63, 3.8) is 0 Å². The number of ether oxygens (including phenoxy) is 1. The van der Waals surface area contributed by atoms with Crippen LogP contribution in [0.4, 0.5) is 17.2 Å². The number of anilines is 3. The molecule has 1 aliphatic rings. The molecule has 0 radical (unpaired) electrons. The summed E-state index contributed by atoms with van der Waals surface area (Å²) in [5.41, 5.74) is 3.31. The maximum absolute atomic E-state index is 13.2. The van der Waals surface area contributed by atoms with Gasteiger partial charge in [0.1, 0.15) is 23.6 Å². The Morgan fingerprint density at radius 1 is 1.10 bits per heavy atom. The summed E-state index contributed by atoms with van der Waals surface area (Å²) in [4.78, 5) is 23.5. The van der Waals surface area contributed by atoms with Crippen LogP contribution in [0.5, 0.6) is 5.75 Å². The lowest BCUT2D eigenvalue weighted by Gasteiger charge is -2.29. The van der Waals surface area contributed by atoms with E-state index in [1.807, 2.05) is 56.3 Å². The number of carbonyl (C=O) groups excluding carboxylic acids is 1. The maximum Gasteiger partial charge on any atom is 0.277 e. The summed E-state index contributed by atoms with van der Waals surface area (Å²) in [6.07, 6.45) is 3.40. The number of benzene rings is 2. The number of rotatable bonds is 5. The molecular formula is C23H24N4O2. The minimum Gasteiger partial charge on any atom is -0.489 e. The van der Waals surface area contributed by atoms with E-state index in [-0.39, 0.29) is 12.0 Å². The van der Waals surface area contributed by atoms with Gasteiger partial charge in [0.15, 0.2) is 0 Å². The number of hydrogen-bond donors (Lipinski definition) is 1. The Hall–Kier alpha value is -3.41. The van der Waals surface area contributed by atoms with Crippen molar-refractivity contribution in [3.8, 4) is 5.75 Å². The highest BCUT2D eigenvalue weighted by molar-refractivity contribution is 6.05. The number of fused-ring (bicyclic) bond motifs is 1. The normalized spacial score (nSPS) is 13.1. The maximum atomic E-state index is 13.2. The molecule has 0 bridgehead atoms. The first-order chi connectivity index (χ1) is 14.1. The summed E-state index contributed by atoms with van der Waals surface area (Å²) in [5, 5.41) is 3.25. The predicted octanol–water partition coefficient (Wildman–Crippen LogP) is 4.60. The zero-order valence-electron chi connectivity index (χ0n) is 16.6. The molecule has 2 aromatic carbocycles. The zero-order chi connectivity index (χ0) is 20.2. The topological polar surface area (TPSA) is 67.3 Å². The lowest BCUT2D eigenvalue weighted by molar-refractivity contribution is 0.0980. The van der Waals surface area contributed by atoms with Crippen molar-refractivity contribution in [1.82, 2.24) is 9.97 Å². The van der Waals surface area contributed by atoms with Crippen molar-refractivity contribution >= 4 is 23.1 Å². The summed E-state index contributed by atoms with van der Waals surface area (Å²) in [6, 6.07) is 17.4. The third-order valence-corrected chi connectivity index (χ3v) is 4.75. The molecule has 1 aliphatic heterocycles. The highest BCUT2D eigenvalue weighted by Crippen LogP contribution is 2.29. The van der Waals surface area contributed by atoms with Crippen LogP contribution in [-0.2, 0) is 6.42 Å². The molecule has 0 saturated heterocycles. The molecule has 0 unspecified atom stereocenters. The van der Waals surface area contributed by atoms with Crippen molar-refractivity contribution in [1.29, 1.82) is 0 Å². The Labute approximate surface area is 170 Å². The minimum absolute atomic E-state index is 0.0552. The van der Waals surface area contributed by atoms with E-state index in [2.05, 4.69) is 21.4 Å². The van der Waals surface area contributed by atoms with Gasteiger partial charge < -0.3 is 15.0 Å². The van der Waals surface area contributed by atoms with Crippen LogP contribution in [0.2, 0.25) is 0 Å². The van der Waals surface area contributed by atoms with Gasteiger partial charge in [-0.25, -0.2) is 9.97 Å². The fraction of sp³-hybridized carbons (Fsp3) is 0.261. The number of hydrogen-bond acceptors (Lipinski definition) is 5. The van der Waals surface area contributed by atoms with Crippen LogP contribution in [0.15, 0.2) is 60.9 Å². The van der Waals surface area contributed by atoms with Gasteiger partial charge in [0.05, 0.1) is 11.8 Å². The second-order valence-corrected chi connectivity index (χ2v) is 7.27. The molecule has 1 aromatic heterocycles. The van der Waals surface area contributed by atoms with Crippen LogP contribution in [0.3, 0.4) is 0 Å². The minimum atomic E-state index is -0.116. The van der Waals surface area contributed by atoms with Crippen LogP contribution in [-0.4, -0.2) is 28.5 Å². The SMILES string of the molecule is CC(C)Oc1ccccc1Nc1cc(C(=O)N2CCCc3ccccc32)ncn1. The molecule has 3 aromatic rings. The number of amides is 1. The van der Waals surface area contributed by atoms with Crippen molar-refractivity contribution in [2.24, 2.45) is 0 Å². The number of para-hydroxylation sites is 3. The van der Waals surface area contributed by atoms with Crippen LogP contribution >= 0.6 is 0 Å². The van der Waals surface area contributed by atoms with E-state index in [0.29, 0.717) is 18.1 Å². The van der Waals surface area contributed by atoms with Gasteiger partial charge in [0.25, 0.3) is 5.91 Å². The summed E-state index contributed by atoms with van der Waals surface area (Å²) < 4.78 is 5.85. The number of aryl methyl sites for hydroxylation is 1. The molecule has 0 spiro atoms. The van der Waals surface area contributed by atoms with E-state index in [0.717, 1.165) is 30.0 Å². The number of nitrogens with zero attached hydrogens (tertiary/aromatic N) is 3. The summed E-state index contributed by atoms with van der Waals surface area (Å²) in [6.45, 7) is 4.65. The number of aromatic nitrogens is 2. The first kappa shape index (κ1) is 18.9. The molecule has 6 nitrogen and oxygen atoms in total. The van der Waals surface area contributed by atoms with E-state index < -0.39 is 0 Å². The Morgan fingerprint density at radius 3 is 2.76 bits per heavy atom. The summed E-state index contributed by atoms with van der Waals surface area (Å²) in [7, 11) is 0. The fourth-order valence-corrected chi connectivity index (χ4v) is 3.49. The first-order valence-corrected chi connectivity index (χ1v) is 9.86. The smallest absolute Gasteiger partial charge is 0.277 e. The van der Waals surface area contributed by atoms with Crippen LogP contribution in [0.1, 0.15) is 36.3 Å². The Balaban J connectivity index is 1.58. The van der Waals surface area contributed by atoms with E-state index >= 15 is 0 Å². The Bertz CT molecular complexity index is 1020. The lowest BCUT2D eigenvalue weighted by atomic mass is 10.0. The van der Waals surface area contributed by atoms with E-state index in [9.17, 15) is 4.79 Å². The van der Waals surface area contributed by atoms with Crippen molar-refractivity contribution in [3.05, 3.63) is 72.2 Å². The molecule has 29 heavy (non-hydrogen) atoms. The predicted molar refractivity (Wildman–Crippen MR) is 114 cm³/mol. The third kappa shape index (κ3) is 4.21. The van der Waals surface area contributed by atoms with E-state index in [4.69, 9.17) is 4.74 Å². The standard InChI is InChI=1S/C23H24N4O2/c1-16(2)29-21-12-6-4-10-18(21)26-22-14-19(24-15-25-22)23(28)27-13-7-9-17-8-3-5-11-20(17)27/h3-6,8,10-12,14-16H,7,9,13H2,1-2H3,(H,24,25,26). The number of carbonyl (C=O) groups is 1. The van der Waals surface area contributed by atoms with Crippen molar-refractivity contribution in [2.45, 2.75) is 32.8 Å². The van der Waals surface area contributed by atoms with Gasteiger partial charge in [-0.2, -0.15) is 0 Å². The second-order valence-electron chi connectivity index (χ2n) is 7.27. The molecule has 1 amide bonds. The van der Waals surface area contributed by atoms with Crippen LogP contribution in [0.25, 0.3) is 0 Å². The van der Waals surface area contributed by atoms with E-state index in [1.165, 1.54) is 11.9 Å². The van der Waals surface area contributed by atoms with Gasteiger partial charge in [0, 0.05) is 18.3 Å². The van der Waals surface area contributed by atoms with Gasteiger partial charge in [0.2, 0.25) is 0 Å². The Kier molecular flexibility index (Phi) is 5.42. The van der Waals surface area contributed by atoms with Gasteiger partial charge in [-0.15, -0.1) is 0 Å². The van der Waals surface area contributed by atoms with Gasteiger partial charge in [-0.1, -0.05) is 30.3 Å². The first-order valence-electron chi connectivity index (χ1n) is 9.86. The molecule has 0 saturated carbocycles. The average molecular weight is 388 g/mol. The zero-order valence-corrected chi connectivity index (χ0v) is 16.6. The quantitative estimate of drug-likeness (QED) is 0.692. The van der Waals surface area contributed by atoms with Gasteiger partial charge in [-0.05, 0) is 50.5 Å². The molecule has 0 fully saturated rings. The van der Waals surface area contributed by atoms with Gasteiger partial charge >= 0.3 is 0 Å². The number of nitrogens with one attached hydrogen (secondary N) is 1. The largest absolute Gasteiger partial charge is 0.489 e. The third-order valence-electron chi connectivity index (χ3n) is 4.75. The summed E-state index contributed by atoms with van der Waals surface area (Å²) >= 11 is 0. The fourth-order valence-electron chi connectivity index (χ4n) is 3.49. The highest BCUT2D eigenvalue weighted by Gasteiger charge is 2.24. The van der Waals surface area contributed by atoms with E-state index in [1.54, 1.807) is 11.0 Å². The molecule has 0 aliphatic carbocycles. The molecule has 6 heteroatoms. The highest BCUT2D eigenvalue weighted by atomic mass is 16.5. The molecule has 0 atom stereocenters. The molecule has 1 N–H and O–H groups in total. The average Bonchev–Trinajstić information content (AvgIpc) is 2.74. The summed E-state index contributed by atoms with van der Waals surface area (Å²) in [5.74, 6) is 1.17. The monoisotopic (exact) mass is 388 g/mol. The van der Waals surface area contributed by atoms with Crippen LogP contribution < -0.4 is 15.0 Å². The molecule has 148 valence electrons. The van der Waals surface area contributed by atoms with Crippen molar-refractivity contribution in [2.75, 3.05) is 16.8 Å². The van der Waals surface area contributed by atoms with Gasteiger partial charge in [-0.3, -0.25) is 4.79 Å². The Morgan fingerprint density at radius 2 is 1.90 bits per heavy atom. The molecule has 2 heterocycles. The van der Waals surface area contributed by atoms with Crippen LogP contribution in [0, 0.1) is 0 Å². The second kappa shape index (κ2) is 8.31. The molecular weight excluding hydrogens is 364 g/mol. The van der Waals surface area contributed by atoms with Crippen molar-refractivity contribution < 1.29 is 9.53 Å².